The number of primary amides is 1. The molecule has 0 aromatic heterocycles. The molecule has 0 bridgehead atoms. The van der Waals surface area contributed by atoms with E-state index < -0.39 is 0 Å². The van der Waals surface area contributed by atoms with Gasteiger partial charge in [-0.2, -0.15) is 11.8 Å². The first-order chi connectivity index (χ1) is 6.61. The summed E-state index contributed by atoms with van der Waals surface area (Å²) < 4.78 is 0. The molecule has 1 rings (SSSR count). The van der Waals surface area contributed by atoms with Gasteiger partial charge < -0.3 is 11.1 Å². The summed E-state index contributed by atoms with van der Waals surface area (Å²) in [4.78, 5) is 11.2. The number of carbonyl (C=O) groups is 1. The van der Waals surface area contributed by atoms with Gasteiger partial charge in [0.25, 0.3) is 0 Å². The monoisotopic (exact) mass is 216 g/mol. The van der Waals surface area contributed by atoms with Crippen molar-refractivity contribution in [1.82, 2.24) is 5.32 Å². The molecule has 0 spiro atoms. The number of amides is 1. The van der Waals surface area contributed by atoms with E-state index in [-0.39, 0.29) is 11.9 Å². The molecule has 3 N–H and O–H groups in total. The lowest BCUT2D eigenvalue weighted by molar-refractivity contribution is -0.121. The summed E-state index contributed by atoms with van der Waals surface area (Å²) >= 11 is 1.91. The number of hydrogen-bond acceptors (Lipinski definition) is 3. The van der Waals surface area contributed by atoms with E-state index in [1.165, 1.54) is 0 Å². The van der Waals surface area contributed by atoms with Gasteiger partial charge in [0, 0.05) is 0 Å². The molecule has 1 heterocycles. The molecule has 2 atom stereocenters. The lowest BCUT2D eigenvalue weighted by Gasteiger charge is -2.22. The molecule has 0 radical (unpaired) electrons. The maximum atomic E-state index is 11.2. The van der Waals surface area contributed by atoms with Crippen LogP contribution in [0.25, 0.3) is 0 Å². The maximum absolute atomic E-state index is 11.2. The smallest absolute Gasteiger partial charge is 0.234 e. The van der Waals surface area contributed by atoms with Crippen LogP contribution in [-0.4, -0.2) is 30.0 Å². The van der Waals surface area contributed by atoms with Crippen LogP contribution in [0.4, 0.5) is 0 Å². The van der Waals surface area contributed by atoms with Crippen LogP contribution in [0.5, 0.6) is 0 Å². The van der Waals surface area contributed by atoms with E-state index in [1.807, 2.05) is 11.8 Å². The van der Waals surface area contributed by atoms with Crippen molar-refractivity contribution in [3.63, 3.8) is 0 Å². The number of thioether (sulfide) groups is 1. The van der Waals surface area contributed by atoms with Crippen LogP contribution in [-0.2, 0) is 4.79 Å². The van der Waals surface area contributed by atoms with Gasteiger partial charge in [0.05, 0.1) is 6.04 Å². The quantitative estimate of drug-likeness (QED) is 0.716. The lowest BCUT2D eigenvalue weighted by Crippen LogP contribution is -2.47. The molecule has 4 heteroatoms. The summed E-state index contributed by atoms with van der Waals surface area (Å²) in [5, 5.41) is 3.27. The normalized spacial score (nSPS) is 24.1. The van der Waals surface area contributed by atoms with E-state index in [4.69, 9.17) is 5.73 Å². The standard InChI is InChI=1S/C10H20N2OS/c1-7(2)5-12-9(10(11)13)8-3-4-14-6-8/h7-9,12H,3-6H2,1-2H3,(H2,11,13). The van der Waals surface area contributed by atoms with Crippen molar-refractivity contribution in [3.8, 4) is 0 Å². The fourth-order valence-electron chi connectivity index (χ4n) is 1.68. The third-order valence-corrected chi connectivity index (χ3v) is 3.68. The molecule has 1 saturated heterocycles. The van der Waals surface area contributed by atoms with Crippen LogP contribution in [0.1, 0.15) is 20.3 Å². The molecular formula is C10H20N2OS. The van der Waals surface area contributed by atoms with Crippen molar-refractivity contribution in [2.45, 2.75) is 26.3 Å². The third-order valence-electron chi connectivity index (χ3n) is 2.49. The Hall–Kier alpha value is -0.220. The zero-order valence-corrected chi connectivity index (χ0v) is 9.77. The highest BCUT2D eigenvalue weighted by Gasteiger charge is 2.28. The molecule has 82 valence electrons. The largest absolute Gasteiger partial charge is 0.368 e. The highest BCUT2D eigenvalue weighted by atomic mass is 32.2. The minimum absolute atomic E-state index is 0.118. The Morgan fingerprint density at radius 3 is 2.79 bits per heavy atom. The summed E-state index contributed by atoms with van der Waals surface area (Å²) in [5.74, 6) is 3.04. The number of nitrogens with one attached hydrogen (secondary N) is 1. The van der Waals surface area contributed by atoms with Crippen LogP contribution < -0.4 is 11.1 Å². The first-order valence-electron chi connectivity index (χ1n) is 5.21. The van der Waals surface area contributed by atoms with Gasteiger partial charge in [0.15, 0.2) is 0 Å². The molecule has 1 aliphatic rings. The van der Waals surface area contributed by atoms with Crippen LogP contribution in [0.3, 0.4) is 0 Å². The van der Waals surface area contributed by atoms with Crippen LogP contribution >= 0.6 is 11.8 Å². The van der Waals surface area contributed by atoms with Crippen LogP contribution in [0, 0.1) is 11.8 Å². The molecule has 0 aliphatic carbocycles. The number of rotatable bonds is 5. The molecule has 0 saturated carbocycles. The van der Waals surface area contributed by atoms with Gasteiger partial charge in [0.2, 0.25) is 5.91 Å². The SMILES string of the molecule is CC(C)CNC(C(N)=O)C1CCSC1. The number of hydrogen-bond donors (Lipinski definition) is 2. The average Bonchev–Trinajstić information content (AvgIpc) is 2.56. The molecule has 2 unspecified atom stereocenters. The first-order valence-corrected chi connectivity index (χ1v) is 6.37. The van der Waals surface area contributed by atoms with E-state index in [9.17, 15) is 4.79 Å². The van der Waals surface area contributed by atoms with E-state index in [0.717, 1.165) is 24.5 Å². The molecule has 0 aromatic rings. The second-order valence-corrected chi connectivity index (χ2v) is 5.46. The minimum atomic E-state index is -0.196. The summed E-state index contributed by atoms with van der Waals surface area (Å²) in [5.41, 5.74) is 5.39. The molecule has 1 fully saturated rings. The van der Waals surface area contributed by atoms with E-state index in [1.54, 1.807) is 0 Å². The van der Waals surface area contributed by atoms with Crippen molar-refractivity contribution in [2.75, 3.05) is 18.1 Å². The second-order valence-electron chi connectivity index (χ2n) is 4.31. The predicted octanol–water partition coefficient (Wildman–Crippen LogP) is 0.839. The summed E-state index contributed by atoms with van der Waals surface area (Å²) in [6, 6.07) is -0.118. The molecule has 3 nitrogen and oxygen atoms in total. The van der Waals surface area contributed by atoms with Crippen molar-refractivity contribution in [3.05, 3.63) is 0 Å². The number of nitrogens with two attached hydrogens (primary N) is 1. The van der Waals surface area contributed by atoms with Gasteiger partial charge in [-0.1, -0.05) is 13.8 Å². The predicted molar refractivity (Wildman–Crippen MR) is 61.3 cm³/mol. The van der Waals surface area contributed by atoms with Crippen molar-refractivity contribution < 1.29 is 4.79 Å². The average molecular weight is 216 g/mol. The second kappa shape index (κ2) is 5.61. The van der Waals surface area contributed by atoms with Gasteiger partial charge in [-0.3, -0.25) is 4.79 Å². The topological polar surface area (TPSA) is 55.1 Å². The molecule has 1 amide bonds. The Morgan fingerprint density at radius 2 is 2.36 bits per heavy atom. The van der Waals surface area contributed by atoms with E-state index >= 15 is 0 Å². The summed E-state index contributed by atoms with van der Waals surface area (Å²) in [6.45, 7) is 5.14. The Bertz CT molecular complexity index is 191. The Balaban J connectivity index is 2.42. The summed E-state index contributed by atoms with van der Waals surface area (Å²) in [7, 11) is 0. The Morgan fingerprint density at radius 1 is 1.64 bits per heavy atom. The van der Waals surface area contributed by atoms with Crippen molar-refractivity contribution in [2.24, 2.45) is 17.6 Å². The van der Waals surface area contributed by atoms with Gasteiger partial charge in [-0.25, -0.2) is 0 Å². The van der Waals surface area contributed by atoms with Crippen molar-refractivity contribution >= 4 is 17.7 Å². The number of carbonyl (C=O) groups excluding carboxylic acids is 1. The Labute approximate surface area is 90.2 Å². The minimum Gasteiger partial charge on any atom is -0.368 e. The van der Waals surface area contributed by atoms with Gasteiger partial charge in [-0.15, -0.1) is 0 Å². The maximum Gasteiger partial charge on any atom is 0.234 e. The van der Waals surface area contributed by atoms with E-state index in [0.29, 0.717) is 11.8 Å². The van der Waals surface area contributed by atoms with Crippen LogP contribution in [0.2, 0.25) is 0 Å². The Kier molecular flexibility index (Phi) is 4.75. The zero-order chi connectivity index (χ0) is 10.6. The fourth-order valence-corrected chi connectivity index (χ4v) is 2.98. The zero-order valence-electron chi connectivity index (χ0n) is 8.95. The third kappa shape index (κ3) is 3.50. The molecule has 0 aromatic carbocycles. The molecular weight excluding hydrogens is 196 g/mol. The molecule has 14 heavy (non-hydrogen) atoms. The fraction of sp³-hybridized carbons (Fsp3) is 0.900. The first kappa shape index (κ1) is 11.9. The van der Waals surface area contributed by atoms with Crippen LogP contribution in [0.15, 0.2) is 0 Å². The van der Waals surface area contributed by atoms with Gasteiger partial charge in [-0.05, 0) is 36.3 Å². The molecule has 1 aliphatic heterocycles. The van der Waals surface area contributed by atoms with Gasteiger partial charge >= 0.3 is 0 Å². The lowest BCUT2D eigenvalue weighted by atomic mass is 9.98. The highest BCUT2D eigenvalue weighted by Crippen LogP contribution is 2.26. The van der Waals surface area contributed by atoms with Crippen molar-refractivity contribution in [1.29, 1.82) is 0 Å². The highest BCUT2D eigenvalue weighted by molar-refractivity contribution is 7.99. The van der Waals surface area contributed by atoms with E-state index in [2.05, 4.69) is 19.2 Å². The summed E-state index contributed by atoms with van der Waals surface area (Å²) in [6.07, 6.45) is 1.11. The van der Waals surface area contributed by atoms with Gasteiger partial charge in [0.1, 0.15) is 0 Å².